The molecule has 0 aliphatic rings. The molecule has 104 valence electrons. The third kappa shape index (κ3) is 2.36. The van der Waals surface area contributed by atoms with E-state index in [0.29, 0.717) is 5.52 Å². The molecule has 0 saturated heterocycles. The number of hydrogen-bond donors (Lipinski definition) is 0. The van der Waals surface area contributed by atoms with E-state index < -0.39 is 4.92 Å². The summed E-state index contributed by atoms with van der Waals surface area (Å²) in [6.45, 7) is 1.90. The van der Waals surface area contributed by atoms with Crippen molar-refractivity contribution < 1.29 is 9.66 Å². The Balaban J connectivity index is 2.13. The minimum atomic E-state index is -0.592. The Hall–Kier alpha value is -3.09. The van der Waals surface area contributed by atoms with Crippen LogP contribution >= 0.6 is 0 Å². The molecule has 0 saturated carbocycles. The van der Waals surface area contributed by atoms with Crippen LogP contribution in [0.25, 0.3) is 10.9 Å². The number of ether oxygens (including phenoxy) is 1. The van der Waals surface area contributed by atoms with E-state index >= 15 is 0 Å². The quantitative estimate of drug-likeness (QED) is 0.541. The minimum absolute atomic E-state index is 0.0470. The average Bonchev–Trinajstić information content (AvgIpc) is 2.48. The molecule has 2 heterocycles. The maximum absolute atomic E-state index is 11.0. The highest BCUT2D eigenvalue weighted by molar-refractivity contribution is 5.86. The molecule has 2 aromatic heterocycles. The number of nitrogens with zero attached hydrogens (tertiary/aromatic N) is 4. The summed E-state index contributed by atoms with van der Waals surface area (Å²) in [6, 6.07) is 8.65. The summed E-state index contributed by atoms with van der Waals surface area (Å²) in [5, 5.41) is 11.7. The van der Waals surface area contributed by atoms with E-state index in [1.165, 1.54) is 18.6 Å². The molecule has 7 nitrogen and oxygen atoms in total. The first-order valence-electron chi connectivity index (χ1n) is 6.14. The molecule has 0 amide bonds. The van der Waals surface area contributed by atoms with Crippen molar-refractivity contribution >= 4 is 16.7 Å². The number of rotatable bonds is 3. The van der Waals surface area contributed by atoms with Crippen molar-refractivity contribution in [2.24, 2.45) is 0 Å². The lowest BCUT2D eigenvalue weighted by atomic mass is 10.1. The van der Waals surface area contributed by atoms with Gasteiger partial charge in [-0.2, -0.15) is 0 Å². The lowest BCUT2D eigenvalue weighted by molar-refractivity contribution is -0.390. The van der Waals surface area contributed by atoms with Gasteiger partial charge < -0.3 is 14.9 Å². The second kappa shape index (κ2) is 5.12. The van der Waals surface area contributed by atoms with Crippen molar-refractivity contribution in [2.45, 2.75) is 6.92 Å². The van der Waals surface area contributed by atoms with Crippen LogP contribution in [0.2, 0.25) is 0 Å². The van der Waals surface area contributed by atoms with Gasteiger partial charge in [-0.1, -0.05) is 12.1 Å². The fourth-order valence-electron chi connectivity index (χ4n) is 2.03. The average molecular weight is 282 g/mol. The summed E-state index contributed by atoms with van der Waals surface area (Å²) in [5.41, 5.74) is 1.64. The van der Waals surface area contributed by atoms with Crippen LogP contribution in [0.15, 0.2) is 42.9 Å². The molecule has 1 aromatic carbocycles. The smallest absolute Gasteiger partial charge is 0.406 e. The molecule has 0 atom stereocenters. The first-order chi connectivity index (χ1) is 10.2. The topological polar surface area (TPSA) is 91.0 Å². The molecule has 0 radical (unpaired) electrons. The lowest BCUT2D eigenvalue weighted by Crippen LogP contribution is -1.98. The van der Waals surface area contributed by atoms with E-state index in [4.69, 9.17) is 4.74 Å². The Kier molecular flexibility index (Phi) is 3.15. The zero-order chi connectivity index (χ0) is 14.8. The number of nitro groups is 1. The third-order valence-electron chi connectivity index (χ3n) is 2.97. The molecule has 0 fully saturated rings. The van der Waals surface area contributed by atoms with Crippen molar-refractivity contribution in [2.75, 3.05) is 0 Å². The lowest BCUT2D eigenvalue weighted by Gasteiger charge is -2.08. The fraction of sp³-hybridized carbons (Fsp3) is 0.0714. The maximum Gasteiger partial charge on any atom is 0.406 e. The van der Waals surface area contributed by atoms with Crippen molar-refractivity contribution in [3.63, 3.8) is 0 Å². The first kappa shape index (κ1) is 12.9. The molecule has 0 unspecified atom stereocenters. The highest BCUT2D eigenvalue weighted by Gasteiger charge is 2.18. The molecule has 0 aliphatic heterocycles. The standard InChI is InChI=1S/C14H10N4O3/c1-9-4-2-5-10-12(9)14(17-8-16-10)21-11-6-3-7-15-13(11)18(19)20/h2-8H,1H3. The van der Waals surface area contributed by atoms with E-state index in [2.05, 4.69) is 15.0 Å². The van der Waals surface area contributed by atoms with Gasteiger partial charge in [-0.05, 0) is 40.6 Å². The molecule has 21 heavy (non-hydrogen) atoms. The van der Waals surface area contributed by atoms with Gasteiger partial charge in [0, 0.05) is 0 Å². The van der Waals surface area contributed by atoms with Gasteiger partial charge in [0.2, 0.25) is 11.6 Å². The number of fused-ring (bicyclic) bond motifs is 1. The number of benzene rings is 1. The normalized spacial score (nSPS) is 10.5. The van der Waals surface area contributed by atoms with Crippen LogP contribution in [0.4, 0.5) is 5.82 Å². The molecule has 3 aromatic rings. The van der Waals surface area contributed by atoms with Gasteiger partial charge in [0.25, 0.3) is 0 Å². The molecular weight excluding hydrogens is 272 g/mol. The third-order valence-corrected chi connectivity index (χ3v) is 2.97. The van der Waals surface area contributed by atoms with Crippen LogP contribution in [0.1, 0.15) is 5.56 Å². The summed E-state index contributed by atoms with van der Waals surface area (Å²) in [7, 11) is 0. The predicted molar refractivity (Wildman–Crippen MR) is 75.2 cm³/mol. The molecular formula is C14H10N4O3. The zero-order valence-electron chi connectivity index (χ0n) is 11.1. The monoisotopic (exact) mass is 282 g/mol. The highest BCUT2D eigenvalue weighted by Crippen LogP contribution is 2.32. The van der Waals surface area contributed by atoms with Crippen LogP contribution in [0.5, 0.6) is 11.6 Å². The number of pyridine rings is 1. The summed E-state index contributed by atoms with van der Waals surface area (Å²) >= 11 is 0. The molecule has 0 N–H and O–H groups in total. The van der Waals surface area contributed by atoms with Crippen molar-refractivity contribution in [3.05, 3.63) is 58.5 Å². The van der Waals surface area contributed by atoms with Gasteiger partial charge in [-0.15, -0.1) is 0 Å². The molecule has 7 heteroatoms. The van der Waals surface area contributed by atoms with Crippen LogP contribution < -0.4 is 4.74 Å². The second-order valence-electron chi connectivity index (χ2n) is 4.33. The van der Waals surface area contributed by atoms with Crippen LogP contribution in [-0.2, 0) is 0 Å². The van der Waals surface area contributed by atoms with E-state index in [0.717, 1.165) is 10.9 Å². The Labute approximate surface area is 119 Å². The van der Waals surface area contributed by atoms with Gasteiger partial charge in [0.1, 0.15) is 12.5 Å². The SMILES string of the molecule is Cc1cccc2ncnc(Oc3cccnc3[N+](=O)[O-])c12. The summed E-state index contributed by atoms with van der Waals surface area (Å²) < 4.78 is 5.61. The van der Waals surface area contributed by atoms with Gasteiger partial charge in [-0.25, -0.2) is 9.97 Å². The van der Waals surface area contributed by atoms with E-state index in [9.17, 15) is 10.1 Å². The van der Waals surface area contributed by atoms with Crippen LogP contribution in [-0.4, -0.2) is 19.9 Å². The Morgan fingerprint density at radius 2 is 2.00 bits per heavy atom. The number of hydrogen-bond acceptors (Lipinski definition) is 6. The van der Waals surface area contributed by atoms with Crippen molar-refractivity contribution in [1.29, 1.82) is 0 Å². The van der Waals surface area contributed by atoms with Gasteiger partial charge >= 0.3 is 5.82 Å². The summed E-state index contributed by atoms with van der Waals surface area (Å²) in [6.07, 6.45) is 2.70. The highest BCUT2D eigenvalue weighted by atomic mass is 16.6. The van der Waals surface area contributed by atoms with Gasteiger partial charge in [0.05, 0.1) is 10.9 Å². The second-order valence-corrected chi connectivity index (χ2v) is 4.33. The molecule has 0 spiro atoms. The molecule has 3 rings (SSSR count). The van der Waals surface area contributed by atoms with E-state index in [1.54, 1.807) is 6.07 Å². The minimum Gasteiger partial charge on any atom is -0.429 e. The summed E-state index contributed by atoms with van der Waals surface area (Å²) in [4.78, 5) is 22.3. The summed E-state index contributed by atoms with van der Waals surface area (Å²) in [5.74, 6) is -0.0298. The Bertz CT molecular complexity index is 830. The van der Waals surface area contributed by atoms with Crippen molar-refractivity contribution in [3.8, 4) is 11.6 Å². The predicted octanol–water partition coefficient (Wildman–Crippen LogP) is 3.03. The fourth-order valence-corrected chi connectivity index (χ4v) is 2.03. The van der Waals surface area contributed by atoms with E-state index in [1.807, 2.05) is 25.1 Å². The van der Waals surface area contributed by atoms with Gasteiger partial charge in [0.15, 0.2) is 0 Å². The Morgan fingerprint density at radius 1 is 1.14 bits per heavy atom. The van der Waals surface area contributed by atoms with Gasteiger partial charge in [-0.3, -0.25) is 0 Å². The number of aryl methyl sites for hydroxylation is 1. The molecule has 0 bridgehead atoms. The van der Waals surface area contributed by atoms with Crippen LogP contribution in [0, 0.1) is 17.0 Å². The number of aromatic nitrogens is 3. The molecule has 0 aliphatic carbocycles. The maximum atomic E-state index is 11.0. The largest absolute Gasteiger partial charge is 0.429 e. The first-order valence-corrected chi connectivity index (χ1v) is 6.14. The Morgan fingerprint density at radius 3 is 2.81 bits per heavy atom. The van der Waals surface area contributed by atoms with Crippen LogP contribution in [0.3, 0.4) is 0 Å². The van der Waals surface area contributed by atoms with Crippen molar-refractivity contribution in [1.82, 2.24) is 15.0 Å². The zero-order valence-corrected chi connectivity index (χ0v) is 11.1. The van der Waals surface area contributed by atoms with E-state index in [-0.39, 0.29) is 17.4 Å².